The molecule has 0 aliphatic rings. The minimum atomic E-state index is -3.56. The molecule has 0 aliphatic heterocycles. The summed E-state index contributed by atoms with van der Waals surface area (Å²) < 4.78 is 29.6. The van der Waals surface area contributed by atoms with Gasteiger partial charge in [-0.05, 0) is 26.0 Å². The van der Waals surface area contributed by atoms with Gasteiger partial charge in [0.25, 0.3) is 0 Å². The summed E-state index contributed by atoms with van der Waals surface area (Å²) in [5.74, 6) is 0.164. The SMILES string of the molecule is Cc1noc([C@H](C)S(=O)(=O)Cc2c(Cl)cccc2Cl)n1. The van der Waals surface area contributed by atoms with Gasteiger partial charge in [-0.25, -0.2) is 8.42 Å². The Balaban J connectivity index is 2.32. The van der Waals surface area contributed by atoms with Crippen molar-refractivity contribution in [2.24, 2.45) is 0 Å². The summed E-state index contributed by atoms with van der Waals surface area (Å²) >= 11 is 12.0. The molecule has 2 rings (SSSR count). The van der Waals surface area contributed by atoms with Gasteiger partial charge >= 0.3 is 0 Å². The molecule has 0 fully saturated rings. The molecule has 1 atom stereocenters. The van der Waals surface area contributed by atoms with E-state index in [1.165, 1.54) is 6.92 Å². The van der Waals surface area contributed by atoms with Crippen LogP contribution in [0.4, 0.5) is 0 Å². The highest BCUT2D eigenvalue weighted by atomic mass is 35.5. The van der Waals surface area contributed by atoms with E-state index in [0.29, 0.717) is 21.4 Å². The van der Waals surface area contributed by atoms with Crippen molar-refractivity contribution >= 4 is 33.0 Å². The van der Waals surface area contributed by atoms with E-state index in [9.17, 15) is 8.42 Å². The van der Waals surface area contributed by atoms with Crippen molar-refractivity contribution < 1.29 is 12.9 Å². The van der Waals surface area contributed by atoms with Crippen LogP contribution in [-0.2, 0) is 15.6 Å². The lowest BCUT2D eigenvalue weighted by Crippen LogP contribution is -2.13. The summed E-state index contributed by atoms with van der Waals surface area (Å²) in [5.41, 5.74) is 0.374. The van der Waals surface area contributed by atoms with Crippen LogP contribution in [0.1, 0.15) is 29.5 Å². The molecule has 0 bridgehead atoms. The Bertz CT molecular complexity index is 708. The van der Waals surface area contributed by atoms with Crippen molar-refractivity contribution in [3.63, 3.8) is 0 Å². The van der Waals surface area contributed by atoms with Gasteiger partial charge in [0.2, 0.25) is 5.89 Å². The van der Waals surface area contributed by atoms with Crippen molar-refractivity contribution in [3.8, 4) is 0 Å². The fraction of sp³-hybridized carbons (Fsp3) is 0.333. The third-order valence-electron chi connectivity index (χ3n) is 2.84. The maximum absolute atomic E-state index is 12.4. The van der Waals surface area contributed by atoms with Gasteiger partial charge in [-0.2, -0.15) is 4.98 Å². The van der Waals surface area contributed by atoms with Gasteiger partial charge in [0.15, 0.2) is 15.7 Å². The fourth-order valence-electron chi connectivity index (χ4n) is 1.63. The summed E-state index contributed by atoms with van der Waals surface area (Å²) in [7, 11) is -3.56. The Morgan fingerprint density at radius 2 is 1.90 bits per heavy atom. The second kappa shape index (κ2) is 5.71. The largest absolute Gasteiger partial charge is 0.338 e. The van der Waals surface area contributed by atoms with Crippen LogP contribution in [0.25, 0.3) is 0 Å². The number of hydrogen-bond donors (Lipinski definition) is 0. The minimum absolute atomic E-state index is 0.0608. The van der Waals surface area contributed by atoms with Crippen LogP contribution >= 0.6 is 23.2 Å². The van der Waals surface area contributed by atoms with Gasteiger partial charge in [-0.15, -0.1) is 0 Å². The first-order chi connectivity index (χ1) is 9.31. The lowest BCUT2D eigenvalue weighted by Gasteiger charge is -2.11. The molecular weight excluding hydrogens is 323 g/mol. The van der Waals surface area contributed by atoms with Gasteiger partial charge in [0, 0.05) is 15.6 Å². The summed E-state index contributed by atoms with van der Waals surface area (Å²) in [6.45, 7) is 3.12. The topological polar surface area (TPSA) is 73.1 Å². The first-order valence-electron chi connectivity index (χ1n) is 5.76. The maximum Gasteiger partial charge on any atom is 0.244 e. The maximum atomic E-state index is 12.4. The predicted octanol–water partition coefficient (Wildman–Crippen LogP) is 3.36. The number of sulfone groups is 1. The number of hydrogen-bond acceptors (Lipinski definition) is 5. The molecule has 0 spiro atoms. The van der Waals surface area contributed by atoms with Crippen molar-refractivity contribution in [3.05, 3.63) is 45.5 Å². The number of aryl methyl sites for hydroxylation is 1. The zero-order chi connectivity index (χ0) is 14.9. The van der Waals surface area contributed by atoms with E-state index in [4.69, 9.17) is 27.7 Å². The van der Waals surface area contributed by atoms with Crippen LogP contribution in [0.2, 0.25) is 10.0 Å². The van der Waals surface area contributed by atoms with Crippen LogP contribution in [0, 0.1) is 6.92 Å². The highest BCUT2D eigenvalue weighted by Crippen LogP contribution is 2.30. The van der Waals surface area contributed by atoms with Gasteiger partial charge < -0.3 is 4.52 Å². The molecule has 5 nitrogen and oxygen atoms in total. The summed E-state index contributed by atoms with van der Waals surface area (Å²) in [4.78, 5) is 3.94. The smallest absolute Gasteiger partial charge is 0.244 e. The molecule has 2 aromatic rings. The molecule has 20 heavy (non-hydrogen) atoms. The molecule has 108 valence electrons. The number of rotatable bonds is 4. The monoisotopic (exact) mass is 334 g/mol. The minimum Gasteiger partial charge on any atom is -0.338 e. The molecule has 1 aromatic heterocycles. The molecule has 1 aromatic carbocycles. The molecule has 0 amide bonds. The predicted molar refractivity (Wildman–Crippen MR) is 76.5 cm³/mol. The van der Waals surface area contributed by atoms with Crippen molar-refractivity contribution in [1.29, 1.82) is 0 Å². The van der Waals surface area contributed by atoms with Crippen LogP contribution in [0.15, 0.2) is 22.7 Å². The van der Waals surface area contributed by atoms with E-state index >= 15 is 0 Å². The molecule has 1 heterocycles. The number of halogens is 2. The van der Waals surface area contributed by atoms with Crippen LogP contribution in [0.5, 0.6) is 0 Å². The molecular formula is C12H12Cl2N2O3S. The zero-order valence-electron chi connectivity index (χ0n) is 10.8. The number of nitrogens with zero attached hydrogens (tertiary/aromatic N) is 2. The third-order valence-corrected chi connectivity index (χ3v) is 5.52. The quantitative estimate of drug-likeness (QED) is 0.856. The standard InChI is InChI=1S/C12H12Cl2N2O3S/c1-7(12-15-8(2)16-19-12)20(17,18)6-9-10(13)4-3-5-11(9)14/h3-5,7H,6H2,1-2H3/t7-/m0/s1. The fourth-order valence-corrected chi connectivity index (χ4v) is 3.68. The molecule has 0 saturated carbocycles. The Morgan fingerprint density at radius 1 is 1.30 bits per heavy atom. The lowest BCUT2D eigenvalue weighted by atomic mass is 10.2. The summed E-state index contributed by atoms with van der Waals surface area (Å²) in [6.07, 6.45) is 0. The van der Waals surface area contributed by atoms with E-state index in [-0.39, 0.29) is 11.6 Å². The Kier molecular flexibility index (Phi) is 4.36. The van der Waals surface area contributed by atoms with E-state index in [1.807, 2.05) is 0 Å². The molecule has 0 unspecified atom stereocenters. The Labute approximate surface area is 126 Å². The second-order valence-electron chi connectivity index (χ2n) is 4.33. The highest BCUT2D eigenvalue weighted by molar-refractivity contribution is 7.90. The van der Waals surface area contributed by atoms with Gasteiger partial charge in [-0.1, -0.05) is 34.4 Å². The number of aromatic nitrogens is 2. The van der Waals surface area contributed by atoms with Gasteiger partial charge in [0.1, 0.15) is 5.25 Å². The van der Waals surface area contributed by atoms with Crippen LogP contribution < -0.4 is 0 Å². The third kappa shape index (κ3) is 3.13. The average molecular weight is 335 g/mol. The zero-order valence-corrected chi connectivity index (χ0v) is 13.1. The van der Waals surface area contributed by atoms with Crippen LogP contribution in [-0.4, -0.2) is 18.6 Å². The Morgan fingerprint density at radius 3 is 2.40 bits per heavy atom. The summed E-state index contributed by atoms with van der Waals surface area (Å²) in [5, 5.41) is 3.30. The van der Waals surface area contributed by atoms with E-state index < -0.39 is 15.1 Å². The molecule has 0 N–H and O–H groups in total. The average Bonchev–Trinajstić information content (AvgIpc) is 2.80. The van der Waals surface area contributed by atoms with E-state index in [0.717, 1.165) is 0 Å². The van der Waals surface area contributed by atoms with Gasteiger partial charge in [-0.3, -0.25) is 0 Å². The van der Waals surface area contributed by atoms with Crippen LogP contribution in [0.3, 0.4) is 0 Å². The van der Waals surface area contributed by atoms with E-state index in [1.54, 1.807) is 25.1 Å². The Hall–Kier alpha value is -1.11. The lowest BCUT2D eigenvalue weighted by molar-refractivity contribution is 0.373. The normalized spacial score (nSPS) is 13.4. The van der Waals surface area contributed by atoms with E-state index in [2.05, 4.69) is 10.1 Å². The second-order valence-corrected chi connectivity index (χ2v) is 7.47. The summed E-state index contributed by atoms with van der Waals surface area (Å²) in [6, 6.07) is 4.85. The molecule has 0 saturated heterocycles. The highest BCUT2D eigenvalue weighted by Gasteiger charge is 2.29. The number of benzene rings is 1. The molecule has 0 aliphatic carbocycles. The molecule has 8 heteroatoms. The van der Waals surface area contributed by atoms with Crippen molar-refractivity contribution in [2.45, 2.75) is 24.9 Å². The first kappa shape index (κ1) is 15.3. The van der Waals surface area contributed by atoms with Gasteiger partial charge in [0.05, 0.1) is 5.75 Å². The molecule has 0 radical (unpaired) electrons. The first-order valence-corrected chi connectivity index (χ1v) is 8.23. The van der Waals surface area contributed by atoms with Crippen molar-refractivity contribution in [1.82, 2.24) is 10.1 Å². The van der Waals surface area contributed by atoms with Crippen molar-refractivity contribution in [2.75, 3.05) is 0 Å².